The quantitative estimate of drug-likeness (QED) is 0.752. The first-order valence-corrected chi connectivity index (χ1v) is 10.5. The summed E-state index contributed by atoms with van der Waals surface area (Å²) >= 11 is 0. The summed E-state index contributed by atoms with van der Waals surface area (Å²) in [6.07, 6.45) is -0.406. The summed E-state index contributed by atoms with van der Waals surface area (Å²) in [7, 11) is 0. The van der Waals surface area contributed by atoms with Gasteiger partial charge in [-0.3, -0.25) is 4.90 Å². The van der Waals surface area contributed by atoms with Crippen molar-refractivity contribution >= 4 is 29.2 Å². The number of hydrogen-bond donors (Lipinski definition) is 1. The van der Waals surface area contributed by atoms with Crippen LogP contribution in [-0.4, -0.2) is 54.8 Å². The average molecular weight is 444 g/mol. The number of carbonyl (C=O) groups is 2. The number of benzene rings is 2. The number of anilines is 3. The number of rotatable bonds is 2. The first-order valence-electron chi connectivity index (χ1n) is 10.5. The largest absolute Gasteiger partial charge is 0.444 e. The smallest absolute Gasteiger partial charge is 0.410 e. The van der Waals surface area contributed by atoms with Gasteiger partial charge in [-0.25, -0.2) is 18.4 Å². The first kappa shape index (κ1) is 21.9. The monoisotopic (exact) mass is 444 g/mol. The van der Waals surface area contributed by atoms with Crippen LogP contribution in [0.2, 0.25) is 0 Å². The molecule has 2 aromatic rings. The van der Waals surface area contributed by atoms with E-state index in [9.17, 15) is 18.4 Å². The van der Waals surface area contributed by atoms with E-state index >= 15 is 0 Å². The maximum Gasteiger partial charge on any atom is 0.410 e. The first-order chi connectivity index (χ1) is 15.1. The normalized spacial score (nSPS) is 16.3. The van der Waals surface area contributed by atoms with E-state index in [1.54, 1.807) is 43.9 Å². The molecule has 7 nitrogen and oxygen atoms in total. The molecule has 3 amide bonds. The second-order valence-electron chi connectivity index (χ2n) is 8.94. The number of likely N-dealkylation sites (tertiary alicyclic amines) is 1. The van der Waals surface area contributed by atoms with Crippen molar-refractivity contribution in [2.24, 2.45) is 0 Å². The second-order valence-corrected chi connectivity index (χ2v) is 8.94. The van der Waals surface area contributed by atoms with E-state index in [4.69, 9.17) is 4.74 Å². The number of urea groups is 1. The molecule has 2 heterocycles. The minimum Gasteiger partial charge on any atom is -0.444 e. The number of halogens is 2. The van der Waals surface area contributed by atoms with Crippen LogP contribution < -0.4 is 15.1 Å². The van der Waals surface area contributed by atoms with Gasteiger partial charge >= 0.3 is 12.1 Å². The van der Waals surface area contributed by atoms with Crippen LogP contribution in [-0.2, 0) is 4.74 Å². The van der Waals surface area contributed by atoms with Crippen LogP contribution in [0.1, 0.15) is 20.8 Å². The minimum atomic E-state index is -0.575. The summed E-state index contributed by atoms with van der Waals surface area (Å²) in [5.74, 6) is -0.780. The fraction of sp³-hybridized carbons (Fsp3) is 0.391. The van der Waals surface area contributed by atoms with Gasteiger partial charge in [-0.05, 0) is 63.2 Å². The minimum absolute atomic E-state index is 0.186. The zero-order valence-corrected chi connectivity index (χ0v) is 18.3. The Bertz CT molecular complexity index is 1020. The van der Waals surface area contributed by atoms with E-state index in [0.717, 1.165) is 0 Å². The third-order valence-corrected chi connectivity index (χ3v) is 5.31. The van der Waals surface area contributed by atoms with Crippen LogP contribution in [0.3, 0.4) is 0 Å². The molecule has 2 aromatic carbocycles. The highest BCUT2D eigenvalue weighted by Gasteiger charge is 2.36. The fourth-order valence-electron chi connectivity index (χ4n) is 3.78. The van der Waals surface area contributed by atoms with Gasteiger partial charge in [0.2, 0.25) is 0 Å². The molecule has 0 aromatic heterocycles. The van der Waals surface area contributed by atoms with Crippen LogP contribution in [0.25, 0.3) is 0 Å². The van der Waals surface area contributed by atoms with E-state index < -0.39 is 17.5 Å². The number of ether oxygens (including phenoxy) is 1. The van der Waals surface area contributed by atoms with Gasteiger partial charge in [0.25, 0.3) is 0 Å². The van der Waals surface area contributed by atoms with E-state index in [1.165, 1.54) is 29.2 Å². The van der Waals surface area contributed by atoms with Crippen LogP contribution in [0.5, 0.6) is 0 Å². The number of amides is 3. The molecule has 1 saturated heterocycles. The third kappa shape index (κ3) is 4.61. The van der Waals surface area contributed by atoms with E-state index in [0.29, 0.717) is 43.2 Å². The van der Waals surface area contributed by atoms with Gasteiger partial charge in [-0.1, -0.05) is 0 Å². The van der Waals surface area contributed by atoms with E-state index in [2.05, 4.69) is 5.32 Å². The molecule has 0 atom stereocenters. The Morgan fingerprint density at radius 2 is 1.62 bits per heavy atom. The Hall–Kier alpha value is -3.36. The van der Waals surface area contributed by atoms with Gasteiger partial charge in [-0.15, -0.1) is 0 Å². The zero-order chi connectivity index (χ0) is 23.0. The average Bonchev–Trinajstić information content (AvgIpc) is 2.68. The van der Waals surface area contributed by atoms with Crippen LogP contribution in [0.15, 0.2) is 42.5 Å². The number of nitrogens with one attached hydrogen (secondary N) is 1. The van der Waals surface area contributed by atoms with Crippen LogP contribution in [0.4, 0.5) is 35.4 Å². The molecule has 0 bridgehead atoms. The number of carbonyl (C=O) groups excluding carboxylic acids is 2. The van der Waals surface area contributed by atoms with Gasteiger partial charge in [0, 0.05) is 31.9 Å². The summed E-state index contributed by atoms with van der Waals surface area (Å²) in [6, 6.07) is 9.68. The highest BCUT2D eigenvalue weighted by Crippen LogP contribution is 2.38. The fourth-order valence-corrected chi connectivity index (χ4v) is 3.78. The van der Waals surface area contributed by atoms with Crippen molar-refractivity contribution in [3.05, 3.63) is 54.1 Å². The van der Waals surface area contributed by atoms with Crippen molar-refractivity contribution in [2.75, 3.05) is 36.0 Å². The van der Waals surface area contributed by atoms with Gasteiger partial charge in [0.05, 0.1) is 17.4 Å². The molecular formula is C23H26F2N4O3. The lowest BCUT2D eigenvalue weighted by Crippen LogP contribution is -2.63. The van der Waals surface area contributed by atoms with E-state index in [-0.39, 0.29) is 17.9 Å². The van der Waals surface area contributed by atoms with Crippen molar-refractivity contribution in [1.29, 1.82) is 0 Å². The summed E-state index contributed by atoms with van der Waals surface area (Å²) in [6.45, 7) is 6.93. The van der Waals surface area contributed by atoms with Crippen molar-refractivity contribution in [3.63, 3.8) is 0 Å². The van der Waals surface area contributed by atoms with Crippen LogP contribution in [0, 0.1) is 11.6 Å². The molecule has 2 aliphatic rings. The molecule has 0 aliphatic carbocycles. The molecule has 2 aliphatic heterocycles. The van der Waals surface area contributed by atoms with Crippen molar-refractivity contribution in [2.45, 2.75) is 32.4 Å². The van der Waals surface area contributed by atoms with Crippen LogP contribution >= 0.6 is 0 Å². The third-order valence-electron chi connectivity index (χ3n) is 5.31. The molecule has 0 spiro atoms. The maximum absolute atomic E-state index is 14.0. The Morgan fingerprint density at radius 3 is 2.28 bits per heavy atom. The van der Waals surface area contributed by atoms with Gasteiger partial charge in [-0.2, -0.15) is 0 Å². The molecule has 4 rings (SSSR count). The molecular weight excluding hydrogens is 418 g/mol. The predicted molar refractivity (Wildman–Crippen MR) is 117 cm³/mol. The Balaban J connectivity index is 1.44. The topological polar surface area (TPSA) is 65.1 Å². The molecule has 0 saturated carbocycles. The second kappa shape index (κ2) is 8.29. The number of hydrogen-bond acceptors (Lipinski definition) is 4. The molecule has 1 fully saturated rings. The number of fused-ring (bicyclic) bond motifs is 1. The molecule has 32 heavy (non-hydrogen) atoms. The van der Waals surface area contributed by atoms with Crippen molar-refractivity contribution < 1.29 is 23.1 Å². The lowest BCUT2D eigenvalue weighted by atomic mass is 10.1. The number of nitrogens with zero attached hydrogens (tertiary/aromatic N) is 3. The molecule has 9 heteroatoms. The summed E-state index contributed by atoms with van der Waals surface area (Å²) < 4.78 is 32.7. The summed E-state index contributed by atoms with van der Waals surface area (Å²) in [5, 5.41) is 2.93. The molecule has 170 valence electrons. The Kier molecular flexibility index (Phi) is 5.66. The van der Waals surface area contributed by atoms with Gasteiger partial charge < -0.3 is 19.9 Å². The predicted octanol–water partition coefficient (Wildman–Crippen LogP) is 4.25. The Morgan fingerprint density at radius 1 is 0.969 bits per heavy atom. The standard InChI is InChI=1S/C23H26F2N4O3/c1-23(2,3)32-22(31)27-13-17(14-27)26-21(30)29-11-10-28(18-7-4-15(24)5-8-18)20-12-16(25)6-9-19(20)29/h4-9,12,17H,10-11,13-14H2,1-3H3,(H,26,30). The molecule has 1 N–H and O–H groups in total. The van der Waals surface area contributed by atoms with Gasteiger partial charge in [0.15, 0.2) is 0 Å². The summed E-state index contributed by atoms with van der Waals surface area (Å²) in [4.78, 5) is 30.0. The maximum atomic E-state index is 14.0. The highest BCUT2D eigenvalue weighted by molar-refractivity contribution is 5.98. The highest BCUT2D eigenvalue weighted by atomic mass is 19.1. The van der Waals surface area contributed by atoms with Crippen molar-refractivity contribution in [3.8, 4) is 0 Å². The van der Waals surface area contributed by atoms with Gasteiger partial charge in [0.1, 0.15) is 17.2 Å². The molecule has 0 unspecified atom stereocenters. The SMILES string of the molecule is CC(C)(C)OC(=O)N1CC(NC(=O)N2CCN(c3ccc(F)cc3)c3cc(F)ccc32)C1. The van der Waals surface area contributed by atoms with Crippen molar-refractivity contribution in [1.82, 2.24) is 10.2 Å². The molecule has 0 radical (unpaired) electrons. The zero-order valence-electron chi connectivity index (χ0n) is 18.3. The Labute approximate surface area is 185 Å². The lowest BCUT2D eigenvalue weighted by Gasteiger charge is -2.42. The summed E-state index contributed by atoms with van der Waals surface area (Å²) in [5.41, 5.74) is 1.23. The van der Waals surface area contributed by atoms with E-state index in [1.807, 2.05) is 4.90 Å². The lowest BCUT2D eigenvalue weighted by molar-refractivity contribution is 0.00641.